The second-order valence-electron chi connectivity index (χ2n) is 2.29. The third kappa shape index (κ3) is 1.80. The molecule has 0 aromatic carbocycles. The predicted molar refractivity (Wildman–Crippen MR) is 54.9 cm³/mol. The van der Waals surface area contributed by atoms with Gasteiger partial charge in [0.2, 0.25) is 5.95 Å². The predicted octanol–water partition coefficient (Wildman–Crippen LogP) is 0.694. The Morgan fingerprint density at radius 1 is 1.36 bits per heavy atom. The van der Waals surface area contributed by atoms with E-state index in [0.717, 1.165) is 0 Å². The number of aromatic nitrogens is 5. The lowest BCUT2D eigenvalue weighted by atomic mass is 10.5. The third-order valence-corrected chi connectivity index (χ3v) is 2.46. The Bertz CT molecular complexity index is 428. The smallest absolute Gasteiger partial charge is 0.224 e. The van der Waals surface area contributed by atoms with Crippen LogP contribution >= 0.6 is 23.3 Å². The number of nitrogens with zero attached hydrogens (tertiary/aromatic N) is 5. The van der Waals surface area contributed by atoms with Crippen LogP contribution in [0.1, 0.15) is 0 Å². The first-order valence-electron chi connectivity index (χ1n) is 3.62. The van der Waals surface area contributed by atoms with Crippen molar-refractivity contribution in [3.8, 4) is 11.5 Å². The average molecular weight is 226 g/mol. The van der Waals surface area contributed by atoms with E-state index in [4.69, 9.17) is 5.73 Å². The molecule has 0 aliphatic rings. The van der Waals surface area contributed by atoms with Gasteiger partial charge in [-0.1, -0.05) is 16.3 Å². The molecular formula is C6H6N6S2. The van der Waals surface area contributed by atoms with Gasteiger partial charge in [-0.15, -0.1) is 5.10 Å². The summed E-state index contributed by atoms with van der Waals surface area (Å²) in [6.45, 7) is 0. The summed E-state index contributed by atoms with van der Waals surface area (Å²) in [5.41, 5.74) is 6.15. The number of hydrogen-bond donors (Lipinski definition) is 1. The summed E-state index contributed by atoms with van der Waals surface area (Å²) in [6.07, 6.45) is 1.87. The van der Waals surface area contributed by atoms with Crippen molar-refractivity contribution in [3.05, 3.63) is 5.38 Å². The minimum atomic E-state index is 0.201. The van der Waals surface area contributed by atoms with Gasteiger partial charge in [0.25, 0.3) is 0 Å². The standard InChI is InChI=1S/C6H6N6S2/c1-13-6-9-4(8-5(7)10-6)3-2-14-12-11-3/h2H,1H3,(H2,7,8,9,10). The first kappa shape index (κ1) is 9.28. The highest BCUT2D eigenvalue weighted by Crippen LogP contribution is 2.16. The molecule has 0 radical (unpaired) electrons. The SMILES string of the molecule is CSc1nc(N)nc(-c2csnn2)n1. The van der Waals surface area contributed by atoms with Crippen molar-refractivity contribution in [2.45, 2.75) is 5.16 Å². The first-order valence-corrected chi connectivity index (χ1v) is 5.68. The van der Waals surface area contributed by atoms with Gasteiger partial charge in [-0.3, -0.25) is 0 Å². The van der Waals surface area contributed by atoms with Gasteiger partial charge in [-0.2, -0.15) is 9.97 Å². The average Bonchev–Trinajstić information content (AvgIpc) is 2.69. The fraction of sp³-hybridized carbons (Fsp3) is 0.167. The van der Waals surface area contributed by atoms with Crippen LogP contribution in [0.25, 0.3) is 11.5 Å². The van der Waals surface area contributed by atoms with E-state index in [1.807, 2.05) is 6.26 Å². The normalized spacial score (nSPS) is 10.4. The molecule has 0 fully saturated rings. The maximum Gasteiger partial charge on any atom is 0.224 e. The Balaban J connectivity index is 2.48. The maximum atomic E-state index is 5.52. The number of thioether (sulfide) groups is 1. The highest BCUT2D eigenvalue weighted by Gasteiger charge is 2.08. The van der Waals surface area contributed by atoms with Crippen LogP contribution < -0.4 is 5.73 Å². The van der Waals surface area contributed by atoms with Crippen LogP contribution in [0.4, 0.5) is 5.95 Å². The maximum absolute atomic E-state index is 5.52. The minimum absolute atomic E-state index is 0.201. The zero-order chi connectivity index (χ0) is 9.97. The molecule has 2 heterocycles. The monoisotopic (exact) mass is 226 g/mol. The van der Waals surface area contributed by atoms with Gasteiger partial charge >= 0.3 is 0 Å². The van der Waals surface area contributed by atoms with Gasteiger partial charge in [0.1, 0.15) is 5.69 Å². The van der Waals surface area contributed by atoms with Crippen LogP contribution in [0.15, 0.2) is 10.5 Å². The summed E-state index contributed by atoms with van der Waals surface area (Å²) < 4.78 is 3.73. The molecule has 2 N–H and O–H groups in total. The third-order valence-electron chi connectivity index (χ3n) is 1.40. The molecule has 0 saturated carbocycles. The summed E-state index contributed by atoms with van der Waals surface area (Å²) in [7, 11) is 0. The van der Waals surface area contributed by atoms with E-state index in [0.29, 0.717) is 16.7 Å². The second-order valence-corrected chi connectivity index (χ2v) is 3.68. The zero-order valence-electron chi connectivity index (χ0n) is 7.21. The van der Waals surface area contributed by atoms with Gasteiger partial charge in [-0.05, 0) is 17.8 Å². The fourth-order valence-corrected chi connectivity index (χ4v) is 1.64. The van der Waals surface area contributed by atoms with Crippen molar-refractivity contribution < 1.29 is 0 Å². The molecule has 2 aromatic rings. The number of nitrogen functional groups attached to an aromatic ring is 1. The number of rotatable bonds is 2. The topological polar surface area (TPSA) is 90.5 Å². The molecule has 0 spiro atoms. The van der Waals surface area contributed by atoms with Crippen molar-refractivity contribution in [1.82, 2.24) is 24.5 Å². The Morgan fingerprint density at radius 3 is 2.86 bits per heavy atom. The summed E-state index contributed by atoms with van der Waals surface area (Å²) >= 11 is 2.65. The van der Waals surface area contributed by atoms with Crippen molar-refractivity contribution in [1.29, 1.82) is 0 Å². The molecule has 2 rings (SSSR count). The van der Waals surface area contributed by atoms with Crippen LogP contribution in [0, 0.1) is 0 Å². The van der Waals surface area contributed by atoms with Crippen LogP contribution in [-0.2, 0) is 0 Å². The molecule has 72 valence electrons. The van der Waals surface area contributed by atoms with Crippen molar-refractivity contribution in [2.24, 2.45) is 0 Å². The van der Waals surface area contributed by atoms with E-state index in [2.05, 4.69) is 24.5 Å². The lowest BCUT2D eigenvalue weighted by Crippen LogP contribution is -2.01. The quantitative estimate of drug-likeness (QED) is 0.753. The van der Waals surface area contributed by atoms with Crippen molar-refractivity contribution >= 4 is 29.2 Å². The molecule has 6 nitrogen and oxygen atoms in total. The van der Waals surface area contributed by atoms with Gasteiger partial charge in [0.15, 0.2) is 11.0 Å². The molecule has 2 aromatic heterocycles. The van der Waals surface area contributed by atoms with E-state index in [9.17, 15) is 0 Å². The number of hydrogen-bond acceptors (Lipinski definition) is 8. The summed E-state index contributed by atoms with van der Waals surface area (Å²) in [6, 6.07) is 0. The van der Waals surface area contributed by atoms with Gasteiger partial charge in [-0.25, -0.2) is 4.98 Å². The van der Waals surface area contributed by atoms with Gasteiger partial charge in [0.05, 0.1) is 0 Å². The summed E-state index contributed by atoms with van der Waals surface area (Å²) in [5, 5.41) is 6.20. The molecular weight excluding hydrogens is 220 g/mol. The van der Waals surface area contributed by atoms with E-state index < -0.39 is 0 Å². The molecule has 8 heteroatoms. The summed E-state index contributed by atoms with van der Waals surface area (Å²) in [5.74, 6) is 0.669. The lowest BCUT2D eigenvalue weighted by molar-refractivity contribution is 0.919. The molecule has 0 atom stereocenters. The number of nitrogens with two attached hydrogens (primary N) is 1. The van der Waals surface area contributed by atoms with E-state index in [1.165, 1.54) is 23.3 Å². The van der Waals surface area contributed by atoms with Gasteiger partial charge in [0, 0.05) is 5.38 Å². The van der Waals surface area contributed by atoms with E-state index in [1.54, 1.807) is 5.38 Å². The van der Waals surface area contributed by atoms with E-state index in [-0.39, 0.29) is 5.95 Å². The lowest BCUT2D eigenvalue weighted by Gasteiger charge is -1.98. The second kappa shape index (κ2) is 3.84. The van der Waals surface area contributed by atoms with Gasteiger partial charge < -0.3 is 5.73 Å². The molecule has 0 unspecified atom stereocenters. The van der Waals surface area contributed by atoms with Crippen LogP contribution in [0.3, 0.4) is 0 Å². The summed E-state index contributed by atoms with van der Waals surface area (Å²) in [4.78, 5) is 12.1. The Hall–Kier alpha value is -1.28. The largest absolute Gasteiger partial charge is 0.368 e. The highest BCUT2D eigenvalue weighted by molar-refractivity contribution is 7.98. The Labute approximate surface area is 88.2 Å². The van der Waals surface area contributed by atoms with E-state index >= 15 is 0 Å². The molecule has 0 aliphatic carbocycles. The van der Waals surface area contributed by atoms with Crippen molar-refractivity contribution in [3.63, 3.8) is 0 Å². The number of anilines is 1. The Kier molecular flexibility index (Phi) is 2.55. The van der Waals surface area contributed by atoms with Crippen LogP contribution in [-0.4, -0.2) is 30.8 Å². The molecule has 0 bridgehead atoms. The first-order chi connectivity index (χ1) is 6.79. The molecule has 0 saturated heterocycles. The fourth-order valence-electron chi connectivity index (χ4n) is 0.840. The minimum Gasteiger partial charge on any atom is -0.368 e. The highest BCUT2D eigenvalue weighted by atomic mass is 32.2. The van der Waals surface area contributed by atoms with Crippen LogP contribution in [0.2, 0.25) is 0 Å². The Morgan fingerprint density at radius 2 is 2.21 bits per heavy atom. The zero-order valence-corrected chi connectivity index (χ0v) is 8.84. The van der Waals surface area contributed by atoms with Crippen molar-refractivity contribution in [2.75, 3.05) is 12.0 Å². The molecule has 0 amide bonds. The molecule has 0 aliphatic heterocycles. The molecule has 14 heavy (non-hydrogen) atoms. The van der Waals surface area contributed by atoms with Crippen LogP contribution in [0.5, 0.6) is 0 Å².